The normalized spacial score (nSPS) is 6.71. The van der Waals surface area contributed by atoms with Gasteiger partial charge in [0, 0.05) is 7.11 Å². The number of hydrogen-bond donors (Lipinski definition) is 5. The lowest BCUT2D eigenvalue weighted by Gasteiger charge is -1.72. The highest BCUT2D eigenvalue weighted by atomic mass is 16.4. The first-order valence-corrected chi connectivity index (χ1v) is 2.66. The second-order valence-electron chi connectivity index (χ2n) is 1.22. The maximum absolute atomic E-state index is 9.10. The smallest absolute Gasteiger partial charge is 0.414 e. The molecule has 9 nitrogen and oxygen atoms in total. The third kappa shape index (κ3) is 22.5. The molecular formula is C5H8O9. The van der Waals surface area contributed by atoms with Crippen molar-refractivity contribution in [2.75, 3.05) is 7.11 Å². The summed E-state index contributed by atoms with van der Waals surface area (Å²) < 4.78 is 0. The Labute approximate surface area is 76.8 Å². The van der Waals surface area contributed by atoms with Crippen molar-refractivity contribution in [2.45, 2.75) is 0 Å². The standard InChI is InChI=1S/2C2H2O4.CH4O/c2*3-1(4)2(5)6;1-2/h2*(H,3,4)(H,5,6);2H,1H3. The topological polar surface area (TPSA) is 169 Å². The van der Waals surface area contributed by atoms with Gasteiger partial charge in [-0.2, -0.15) is 0 Å². The number of aliphatic hydroxyl groups is 1. The molecule has 0 saturated carbocycles. The van der Waals surface area contributed by atoms with Crippen molar-refractivity contribution >= 4 is 23.9 Å². The van der Waals surface area contributed by atoms with Crippen LogP contribution in [0.1, 0.15) is 0 Å². The first-order valence-electron chi connectivity index (χ1n) is 2.66. The van der Waals surface area contributed by atoms with Gasteiger partial charge in [0.15, 0.2) is 0 Å². The fraction of sp³-hybridized carbons (Fsp3) is 0.200. The summed E-state index contributed by atoms with van der Waals surface area (Å²) in [7, 11) is 1.00. The van der Waals surface area contributed by atoms with Crippen molar-refractivity contribution in [1.29, 1.82) is 0 Å². The average Bonchev–Trinajstić information content (AvgIpc) is 2.08. The minimum Gasteiger partial charge on any atom is -0.473 e. The average molecular weight is 212 g/mol. The fourth-order valence-electron chi connectivity index (χ4n) is 0. The van der Waals surface area contributed by atoms with Gasteiger partial charge in [-0.15, -0.1) is 0 Å². The summed E-state index contributed by atoms with van der Waals surface area (Å²) in [5.74, 6) is -7.30. The first-order chi connectivity index (χ1) is 6.29. The summed E-state index contributed by atoms with van der Waals surface area (Å²) >= 11 is 0. The molecule has 0 spiro atoms. The fourth-order valence-corrected chi connectivity index (χ4v) is 0. The molecule has 5 N–H and O–H groups in total. The van der Waals surface area contributed by atoms with Crippen LogP contribution >= 0.6 is 0 Å². The Hall–Kier alpha value is -2.16. The van der Waals surface area contributed by atoms with Gasteiger partial charge in [-0.1, -0.05) is 0 Å². The second kappa shape index (κ2) is 10.8. The van der Waals surface area contributed by atoms with E-state index in [0.717, 1.165) is 7.11 Å². The van der Waals surface area contributed by atoms with Crippen molar-refractivity contribution in [3.05, 3.63) is 0 Å². The summed E-state index contributed by atoms with van der Waals surface area (Å²) in [4.78, 5) is 36.4. The number of rotatable bonds is 0. The molecule has 0 aromatic heterocycles. The van der Waals surface area contributed by atoms with Crippen LogP contribution in [0.3, 0.4) is 0 Å². The maximum Gasteiger partial charge on any atom is 0.414 e. The van der Waals surface area contributed by atoms with E-state index in [9.17, 15) is 0 Å². The molecule has 14 heavy (non-hydrogen) atoms. The summed E-state index contributed by atoms with van der Waals surface area (Å²) in [5, 5.41) is 36.6. The SMILES string of the molecule is CO.O=C(O)C(=O)O.O=C(O)C(=O)O. The van der Waals surface area contributed by atoms with E-state index in [4.69, 9.17) is 44.7 Å². The van der Waals surface area contributed by atoms with Crippen LogP contribution in [0.4, 0.5) is 0 Å². The Morgan fingerprint density at radius 2 is 0.643 bits per heavy atom. The third-order valence-corrected chi connectivity index (χ3v) is 0.366. The molecule has 0 atom stereocenters. The predicted molar refractivity (Wildman–Crippen MR) is 38.7 cm³/mol. The van der Waals surface area contributed by atoms with Crippen molar-refractivity contribution in [1.82, 2.24) is 0 Å². The quantitative estimate of drug-likeness (QED) is 0.282. The zero-order chi connectivity index (χ0) is 12.3. The van der Waals surface area contributed by atoms with E-state index in [2.05, 4.69) is 0 Å². The van der Waals surface area contributed by atoms with Crippen LogP contribution in [0.5, 0.6) is 0 Å². The summed E-state index contributed by atoms with van der Waals surface area (Å²) in [6, 6.07) is 0. The van der Waals surface area contributed by atoms with Gasteiger partial charge in [0.1, 0.15) is 0 Å². The molecule has 0 aromatic carbocycles. The number of aliphatic carboxylic acids is 4. The van der Waals surface area contributed by atoms with Gasteiger partial charge in [0.25, 0.3) is 0 Å². The van der Waals surface area contributed by atoms with E-state index in [0.29, 0.717) is 0 Å². The zero-order valence-electron chi connectivity index (χ0n) is 6.87. The van der Waals surface area contributed by atoms with Crippen molar-refractivity contribution in [3.63, 3.8) is 0 Å². The Morgan fingerprint density at radius 3 is 0.643 bits per heavy atom. The van der Waals surface area contributed by atoms with Crippen molar-refractivity contribution in [3.8, 4) is 0 Å². The Balaban J connectivity index is -0.000000147. The van der Waals surface area contributed by atoms with Gasteiger partial charge in [-0.3, -0.25) is 0 Å². The lowest BCUT2D eigenvalue weighted by molar-refractivity contribution is -0.159. The Bertz CT molecular complexity index is 169. The lowest BCUT2D eigenvalue weighted by Crippen LogP contribution is -2.09. The molecule has 0 aliphatic carbocycles. The van der Waals surface area contributed by atoms with Crippen LogP contribution in [0.15, 0.2) is 0 Å². The molecule has 82 valence electrons. The van der Waals surface area contributed by atoms with E-state index in [1.165, 1.54) is 0 Å². The molecule has 0 radical (unpaired) electrons. The van der Waals surface area contributed by atoms with Gasteiger partial charge in [0.2, 0.25) is 0 Å². The van der Waals surface area contributed by atoms with Crippen molar-refractivity contribution in [2.24, 2.45) is 0 Å². The lowest BCUT2D eigenvalue weighted by atomic mass is 10.7. The number of carboxylic acids is 4. The molecular weight excluding hydrogens is 204 g/mol. The van der Waals surface area contributed by atoms with Crippen LogP contribution in [0.25, 0.3) is 0 Å². The number of aliphatic hydroxyl groups excluding tert-OH is 1. The van der Waals surface area contributed by atoms with Crippen LogP contribution < -0.4 is 0 Å². The highest BCUT2D eigenvalue weighted by molar-refractivity contribution is 6.27. The number of carboxylic acid groups (broad SMARTS) is 4. The van der Waals surface area contributed by atoms with Gasteiger partial charge < -0.3 is 25.5 Å². The summed E-state index contributed by atoms with van der Waals surface area (Å²) in [5.41, 5.74) is 0. The molecule has 0 amide bonds. The largest absolute Gasteiger partial charge is 0.473 e. The minimum atomic E-state index is -1.82. The molecule has 0 aliphatic rings. The van der Waals surface area contributed by atoms with Crippen LogP contribution in [-0.4, -0.2) is 56.5 Å². The van der Waals surface area contributed by atoms with E-state index in [-0.39, 0.29) is 0 Å². The van der Waals surface area contributed by atoms with Crippen LogP contribution in [0.2, 0.25) is 0 Å². The minimum absolute atomic E-state index is 1.00. The van der Waals surface area contributed by atoms with Gasteiger partial charge in [0.05, 0.1) is 0 Å². The highest BCUT2D eigenvalue weighted by Crippen LogP contribution is 1.56. The predicted octanol–water partition coefficient (Wildman–Crippen LogP) is -2.08. The van der Waals surface area contributed by atoms with Crippen molar-refractivity contribution < 1.29 is 44.7 Å². The number of hydrogen-bond acceptors (Lipinski definition) is 5. The van der Waals surface area contributed by atoms with E-state index >= 15 is 0 Å². The molecule has 9 heteroatoms. The van der Waals surface area contributed by atoms with E-state index in [1.807, 2.05) is 0 Å². The van der Waals surface area contributed by atoms with E-state index < -0.39 is 23.9 Å². The van der Waals surface area contributed by atoms with E-state index in [1.54, 1.807) is 0 Å². The monoisotopic (exact) mass is 212 g/mol. The molecule has 0 rings (SSSR count). The van der Waals surface area contributed by atoms with Gasteiger partial charge in [-0.25, -0.2) is 19.2 Å². The molecule has 0 aliphatic heterocycles. The molecule has 0 fully saturated rings. The molecule has 0 heterocycles. The first kappa shape index (κ1) is 17.8. The van der Waals surface area contributed by atoms with Gasteiger partial charge in [-0.05, 0) is 0 Å². The maximum atomic E-state index is 9.10. The van der Waals surface area contributed by atoms with Crippen LogP contribution in [-0.2, 0) is 19.2 Å². The summed E-state index contributed by atoms with van der Waals surface area (Å²) in [6.45, 7) is 0. The second-order valence-corrected chi connectivity index (χ2v) is 1.22. The molecule has 0 bridgehead atoms. The van der Waals surface area contributed by atoms with Crippen LogP contribution in [0, 0.1) is 0 Å². The molecule has 0 unspecified atom stereocenters. The van der Waals surface area contributed by atoms with Gasteiger partial charge >= 0.3 is 23.9 Å². The zero-order valence-corrected chi connectivity index (χ0v) is 6.87. The highest BCUT2D eigenvalue weighted by Gasteiger charge is 2.04. The Kier molecular flexibility index (Phi) is 13.8. The molecule has 0 aromatic rings. The Morgan fingerprint density at radius 1 is 0.571 bits per heavy atom. The third-order valence-electron chi connectivity index (χ3n) is 0.366. The number of carbonyl (C=O) groups is 4. The molecule has 0 saturated heterocycles. The summed E-state index contributed by atoms with van der Waals surface area (Å²) in [6.07, 6.45) is 0.